The number of hydrogen-bond acceptors (Lipinski definition) is 4. The Balaban J connectivity index is 1.30. The maximum absolute atomic E-state index is 13.7. The number of H-pyrrole nitrogens is 1. The Bertz CT molecular complexity index is 1130. The standard InChI is InChI=1S/C27H34N4O3/c1-2-14-34-23-9-5-8-20-21-16-31(13-10-22(21)29-25(20)23)26(33)19-7-4-3-6-18(19)15-24(32)30-27(17-28)11-12-27/h5,8-9,18-19,29H,2-4,6-7,10-16H2,1H3,(H,30,32)/t18-,19-/m1/s1. The first-order valence-electron chi connectivity index (χ1n) is 12.8. The van der Waals surface area contributed by atoms with E-state index in [0.29, 0.717) is 26.1 Å². The molecule has 7 heteroatoms. The van der Waals surface area contributed by atoms with E-state index in [1.54, 1.807) is 0 Å². The van der Waals surface area contributed by atoms with Gasteiger partial charge in [0.2, 0.25) is 11.8 Å². The second kappa shape index (κ2) is 9.32. The zero-order valence-corrected chi connectivity index (χ0v) is 20.0. The third-order valence-corrected chi connectivity index (χ3v) is 7.76. The number of nitriles is 1. The molecule has 0 saturated heterocycles. The summed E-state index contributed by atoms with van der Waals surface area (Å²) >= 11 is 0. The Morgan fingerprint density at radius 2 is 2.12 bits per heavy atom. The normalized spacial score (nSPS) is 23.1. The molecule has 2 saturated carbocycles. The molecule has 0 spiro atoms. The second-order valence-electron chi connectivity index (χ2n) is 10.2. The third kappa shape index (κ3) is 4.38. The average molecular weight is 463 g/mol. The van der Waals surface area contributed by atoms with Crippen LogP contribution >= 0.6 is 0 Å². The maximum atomic E-state index is 13.7. The Morgan fingerprint density at radius 1 is 1.29 bits per heavy atom. The van der Waals surface area contributed by atoms with Gasteiger partial charge in [0.15, 0.2) is 0 Å². The fraction of sp³-hybridized carbons (Fsp3) is 0.593. The summed E-state index contributed by atoms with van der Waals surface area (Å²) in [5, 5.41) is 13.3. The third-order valence-electron chi connectivity index (χ3n) is 7.76. The maximum Gasteiger partial charge on any atom is 0.226 e. The molecule has 2 aliphatic carbocycles. The van der Waals surface area contributed by atoms with Crippen LogP contribution in [0.5, 0.6) is 5.75 Å². The molecule has 2 heterocycles. The quantitative estimate of drug-likeness (QED) is 0.644. The first kappa shape index (κ1) is 22.8. The van der Waals surface area contributed by atoms with Gasteiger partial charge in [-0.25, -0.2) is 0 Å². The molecule has 1 aromatic heterocycles. The smallest absolute Gasteiger partial charge is 0.226 e. The summed E-state index contributed by atoms with van der Waals surface area (Å²) in [6, 6.07) is 8.35. The lowest BCUT2D eigenvalue weighted by molar-refractivity contribution is -0.140. The number of fused-ring (bicyclic) bond motifs is 3. The number of para-hydroxylation sites is 1. The van der Waals surface area contributed by atoms with Crippen molar-refractivity contribution in [2.45, 2.75) is 76.8 Å². The van der Waals surface area contributed by atoms with E-state index in [4.69, 9.17) is 4.74 Å². The van der Waals surface area contributed by atoms with Crippen LogP contribution in [0.25, 0.3) is 10.9 Å². The highest BCUT2D eigenvalue weighted by Gasteiger charge is 2.45. The van der Waals surface area contributed by atoms with Gasteiger partial charge in [0.05, 0.1) is 18.2 Å². The largest absolute Gasteiger partial charge is 0.491 e. The molecular formula is C27H34N4O3. The Labute approximate surface area is 200 Å². The van der Waals surface area contributed by atoms with Crippen LogP contribution in [0.15, 0.2) is 18.2 Å². The summed E-state index contributed by atoms with van der Waals surface area (Å²) in [6.07, 6.45) is 7.37. The molecule has 2 fully saturated rings. The van der Waals surface area contributed by atoms with Crippen LogP contribution in [-0.4, -0.2) is 40.4 Å². The van der Waals surface area contributed by atoms with Crippen LogP contribution in [-0.2, 0) is 22.6 Å². The van der Waals surface area contributed by atoms with Crippen molar-refractivity contribution in [3.05, 3.63) is 29.5 Å². The Hall–Kier alpha value is -3.01. The average Bonchev–Trinajstić information content (AvgIpc) is 3.52. The minimum atomic E-state index is -0.649. The fourth-order valence-electron chi connectivity index (χ4n) is 5.69. The van der Waals surface area contributed by atoms with Crippen LogP contribution in [0, 0.1) is 23.2 Å². The number of ether oxygens (including phenoxy) is 1. The highest BCUT2D eigenvalue weighted by molar-refractivity contribution is 5.90. The number of nitrogens with one attached hydrogen (secondary N) is 2. The van der Waals surface area contributed by atoms with Crippen LogP contribution in [0.1, 0.15) is 69.5 Å². The van der Waals surface area contributed by atoms with Crippen molar-refractivity contribution in [2.24, 2.45) is 11.8 Å². The highest BCUT2D eigenvalue weighted by Crippen LogP contribution is 2.38. The van der Waals surface area contributed by atoms with Gasteiger partial charge in [-0.15, -0.1) is 0 Å². The van der Waals surface area contributed by atoms with E-state index in [2.05, 4.69) is 29.4 Å². The van der Waals surface area contributed by atoms with E-state index in [-0.39, 0.29) is 23.7 Å². The van der Waals surface area contributed by atoms with Crippen LogP contribution in [0.4, 0.5) is 0 Å². The molecule has 0 bridgehead atoms. The molecule has 1 aromatic carbocycles. The first-order chi connectivity index (χ1) is 16.5. The Kier molecular flexibility index (Phi) is 6.24. The molecule has 180 valence electrons. The minimum absolute atomic E-state index is 0.0501. The molecule has 7 nitrogen and oxygen atoms in total. The summed E-state index contributed by atoms with van der Waals surface area (Å²) in [6.45, 7) is 4.06. The predicted octanol–water partition coefficient (Wildman–Crippen LogP) is 4.21. The molecule has 2 aromatic rings. The Morgan fingerprint density at radius 3 is 2.88 bits per heavy atom. The summed E-state index contributed by atoms with van der Waals surface area (Å²) in [7, 11) is 0. The van der Waals surface area contributed by atoms with E-state index >= 15 is 0 Å². The van der Waals surface area contributed by atoms with Gasteiger partial charge < -0.3 is 19.9 Å². The molecule has 2 atom stereocenters. The molecule has 2 amide bonds. The second-order valence-corrected chi connectivity index (χ2v) is 10.2. The number of benzene rings is 1. The molecule has 1 aliphatic heterocycles. The molecule has 2 N–H and O–H groups in total. The van der Waals surface area contributed by atoms with E-state index < -0.39 is 5.54 Å². The van der Waals surface area contributed by atoms with Crippen LogP contribution < -0.4 is 10.1 Å². The minimum Gasteiger partial charge on any atom is -0.491 e. The SMILES string of the molecule is CCCOc1cccc2c3c([nH]c12)CCN(C(=O)[C@@H]1CCCC[C@@H]1CC(=O)NC1(C#N)CC1)C3. The zero-order valence-electron chi connectivity index (χ0n) is 20.0. The van der Waals surface area contributed by atoms with Crippen molar-refractivity contribution in [1.82, 2.24) is 15.2 Å². The lowest BCUT2D eigenvalue weighted by atomic mass is 9.76. The summed E-state index contributed by atoms with van der Waals surface area (Å²) in [4.78, 5) is 31.9. The van der Waals surface area contributed by atoms with Crippen molar-refractivity contribution in [2.75, 3.05) is 13.2 Å². The van der Waals surface area contributed by atoms with Crippen molar-refractivity contribution < 1.29 is 14.3 Å². The van der Waals surface area contributed by atoms with Gasteiger partial charge in [0.1, 0.15) is 11.3 Å². The summed E-state index contributed by atoms with van der Waals surface area (Å²) in [5.74, 6) is 0.898. The number of aromatic nitrogens is 1. The number of aromatic amines is 1. The van der Waals surface area contributed by atoms with Gasteiger partial charge in [-0.2, -0.15) is 5.26 Å². The number of hydrogen-bond donors (Lipinski definition) is 2. The molecule has 0 radical (unpaired) electrons. The predicted molar refractivity (Wildman–Crippen MR) is 129 cm³/mol. The van der Waals surface area contributed by atoms with Crippen molar-refractivity contribution in [3.63, 3.8) is 0 Å². The summed E-state index contributed by atoms with van der Waals surface area (Å²) in [5.41, 5.74) is 2.75. The van der Waals surface area contributed by atoms with Crippen molar-refractivity contribution in [3.8, 4) is 11.8 Å². The molecular weight excluding hydrogens is 428 g/mol. The van der Waals surface area contributed by atoms with E-state index in [9.17, 15) is 14.9 Å². The van der Waals surface area contributed by atoms with Crippen LogP contribution in [0.3, 0.4) is 0 Å². The highest BCUT2D eigenvalue weighted by atomic mass is 16.5. The molecule has 0 unspecified atom stereocenters. The number of rotatable bonds is 7. The fourth-order valence-corrected chi connectivity index (χ4v) is 5.69. The number of amides is 2. The zero-order chi connectivity index (χ0) is 23.7. The monoisotopic (exact) mass is 462 g/mol. The number of carbonyl (C=O) groups excluding carboxylic acids is 2. The van der Waals surface area contributed by atoms with E-state index in [1.165, 1.54) is 11.3 Å². The first-order valence-corrected chi connectivity index (χ1v) is 12.8. The molecule has 5 rings (SSSR count). The van der Waals surface area contributed by atoms with E-state index in [0.717, 1.165) is 68.0 Å². The van der Waals surface area contributed by atoms with Gasteiger partial charge in [0, 0.05) is 48.5 Å². The number of carbonyl (C=O) groups is 2. The van der Waals surface area contributed by atoms with E-state index in [1.807, 2.05) is 17.0 Å². The summed E-state index contributed by atoms with van der Waals surface area (Å²) < 4.78 is 5.94. The van der Waals surface area contributed by atoms with Gasteiger partial charge in [-0.1, -0.05) is 31.9 Å². The molecule has 3 aliphatic rings. The van der Waals surface area contributed by atoms with Gasteiger partial charge >= 0.3 is 0 Å². The van der Waals surface area contributed by atoms with Gasteiger partial charge in [-0.05, 0) is 44.1 Å². The van der Waals surface area contributed by atoms with Crippen molar-refractivity contribution >= 4 is 22.7 Å². The van der Waals surface area contributed by atoms with Crippen LogP contribution in [0.2, 0.25) is 0 Å². The lowest BCUT2D eigenvalue weighted by Crippen LogP contribution is -2.44. The molecule has 34 heavy (non-hydrogen) atoms. The van der Waals surface area contributed by atoms with Crippen molar-refractivity contribution in [1.29, 1.82) is 5.26 Å². The lowest BCUT2D eigenvalue weighted by Gasteiger charge is -2.36. The van der Waals surface area contributed by atoms with Gasteiger partial charge in [0.25, 0.3) is 0 Å². The topological polar surface area (TPSA) is 98.2 Å². The number of nitrogens with zero attached hydrogens (tertiary/aromatic N) is 2. The van der Waals surface area contributed by atoms with Gasteiger partial charge in [-0.3, -0.25) is 9.59 Å².